The van der Waals surface area contributed by atoms with Gasteiger partial charge in [-0.3, -0.25) is 19.4 Å². The van der Waals surface area contributed by atoms with Crippen molar-refractivity contribution in [2.75, 3.05) is 41.0 Å². The van der Waals surface area contributed by atoms with Crippen LogP contribution in [-0.4, -0.2) is 98.4 Å². The lowest BCUT2D eigenvalue weighted by atomic mass is 10.0. The topological polar surface area (TPSA) is 227 Å². The highest BCUT2D eigenvalue weighted by molar-refractivity contribution is 6.19. The largest absolute Gasteiger partial charge is 0.468 e. The van der Waals surface area contributed by atoms with E-state index in [1.165, 1.54) is 72.2 Å². The number of amides is 2. The van der Waals surface area contributed by atoms with Gasteiger partial charge < -0.3 is 30.5 Å². The van der Waals surface area contributed by atoms with Crippen LogP contribution in [0.1, 0.15) is 51.9 Å². The second-order valence-electron chi connectivity index (χ2n) is 11.2. The fourth-order valence-electron chi connectivity index (χ4n) is 5.23. The molecule has 1 saturated heterocycles. The normalized spacial score (nSPS) is 23.8. The van der Waals surface area contributed by atoms with E-state index in [1.54, 1.807) is 12.2 Å². The van der Waals surface area contributed by atoms with Gasteiger partial charge in [-0.15, -0.1) is 25.4 Å². The summed E-state index contributed by atoms with van der Waals surface area (Å²) in [4.78, 5) is 83.5. The number of aromatic nitrogens is 3. The Hall–Kier alpha value is -3.93. The molecule has 4 N–H and O–H groups in total. The Morgan fingerprint density at radius 1 is 0.880 bits per heavy atom. The monoisotopic (exact) mass is 767 g/mol. The Morgan fingerprint density at radius 2 is 1.40 bits per heavy atom. The standard InChI is InChI=1S/C9H16N2.C9H13NO3.C8H11NO3.C3Cl3N3O3.CH4O/c1-2-5-9-10-6-4-8-11(9)7-3-1;1-4-7-5-9(7,6(2)11)10-8(12)13-3;1-3-5-4-8(5,6(9)10)7(11)12-2;4-7-1(10)8(5)3(12)9(6)2(7)11;1-2/h1-8H2;4,7H,1,5H2,2-3H3,(H,10,12);3,5H,1,4H2,2H3,(H2,9,10);;2H,1H3/t;7-,9+;5-,8+;;/m.00../s1. The van der Waals surface area contributed by atoms with E-state index in [4.69, 9.17) is 46.2 Å². The number of aliphatic imine (C=N–C) groups is 1. The van der Waals surface area contributed by atoms with Crippen LogP contribution in [0.2, 0.25) is 0 Å². The summed E-state index contributed by atoms with van der Waals surface area (Å²) in [7, 11) is 3.51. The molecule has 1 aromatic rings. The number of carbonyl (C=O) groups is 4. The number of aliphatic hydroxyl groups is 1. The van der Waals surface area contributed by atoms with Gasteiger partial charge in [0.15, 0.2) is 11.2 Å². The summed E-state index contributed by atoms with van der Waals surface area (Å²) in [5.41, 5.74) is -0.254. The smallest absolute Gasteiger partial charge is 0.407 e. The summed E-state index contributed by atoms with van der Waals surface area (Å²) in [6, 6.07) is 0. The van der Waals surface area contributed by atoms with Crippen molar-refractivity contribution in [3.8, 4) is 0 Å². The van der Waals surface area contributed by atoms with Gasteiger partial charge in [0.2, 0.25) is 5.91 Å². The second kappa shape index (κ2) is 20.1. The van der Waals surface area contributed by atoms with E-state index >= 15 is 0 Å². The number of nitrogens with one attached hydrogen (secondary N) is 1. The molecule has 0 bridgehead atoms. The van der Waals surface area contributed by atoms with E-state index in [2.05, 4.69) is 37.8 Å². The molecule has 4 aliphatic rings. The Morgan fingerprint density at radius 3 is 1.80 bits per heavy atom. The lowest BCUT2D eigenvalue weighted by Crippen LogP contribution is -2.47. The van der Waals surface area contributed by atoms with Crippen molar-refractivity contribution in [1.29, 1.82) is 0 Å². The molecule has 0 spiro atoms. The fraction of sp³-hybridized carbons (Fsp3) is 0.600. The Labute approximate surface area is 303 Å². The molecule has 2 aliphatic heterocycles. The number of hydrogen-bond donors (Lipinski definition) is 3. The number of nitrogens with two attached hydrogens (primary N) is 1. The molecule has 1 aromatic heterocycles. The van der Waals surface area contributed by atoms with Crippen LogP contribution in [0, 0.1) is 17.3 Å². The van der Waals surface area contributed by atoms with Crippen molar-refractivity contribution in [3.63, 3.8) is 0 Å². The highest BCUT2D eigenvalue weighted by Crippen LogP contribution is 2.53. The van der Waals surface area contributed by atoms with E-state index in [1.807, 2.05) is 0 Å². The summed E-state index contributed by atoms with van der Waals surface area (Å²) in [6.07, 6.45) is 10.4. The molecule has 3 heterocycles. The molecule has 5 rings (SSSR count). The van der Waals surface area contributed by atoms with E-state index in [0.717, 1.165) is 13.7 Å². The predicted octanol–water partition coefficient (Wildman–Crippen LogP) is 1.16. The molecule has 50 heavy (non-hydrogen) atoms. The number of rotatable bonds is 6. The lowest BCUT2D eigenvalue weighted by Gasteiger charge is -2.27. The number of amidine groups is 1. The molecule has 2 amide bonds. The average Bonchev–Trinajstić information content (AvgIpc) is 4.05. The van der Waals surface area contributed by atoms with Crippen LogP contribution in [0.5, 0.6) is 0 Å². The third-order valence-electron chi connectivity index (χ3n) is 8.31. The molecule has 0 aromatic carbocycles. The van der Waals surface area contributed by atoms with Gasteiger partial charge in [0.05, 0.1) is 20.1 Å². The first-order chi connectivity index (χ1) is 23.6. The number of esters is 1. The van der Waals surface area contributed by atoms with E-state index in [-0.39, 0.29) is 29.9 Å². The van der Waals surface area contributed by atoms with Crippen molar-refractivity contribution >= 4 is 64.9 Å². The molecular formula is C30H44Cl3N7O10. The minimum atomic E-state index is -1.16. The van der Waals surface area contributed by atoms with Gasteiger partial charge in [0.1, 0.15) is 5.54 Å². The quantitative estimate of drug-likeness (QED) is 0.211. The van der Waals surface area contributed by atoms with E-state index < -0.39 is 46.0 Å². The molecule has 0 radical (unpaired) electrons. The van der Waals surface area contributed by atoms with Crippen LogP contribution >= 0.6 is 35.3 Å². The maximum atomic E-state index is 11.2. The number of fused-ring (bicyclic) bond motifs is 1. The number of carbonyl (C=O) groups excluding carboxylic acids is 4. The maximum Gasteiger partial charge on any atom is 0.407 e. The first-order valence-corrected chi connectivity index (χ1v) is 16.3. The second-order valence-corrected chi connectivity index (χ2v) is 12.2. The number of primary amides is 1. The predicted molar refractivity (Wildman–Crippen MR) is 187 cm³/mol. The fourth-order valence-corrected chi connectivity index (χ4v) is 5.80. The number of halogens is 3. The van der Waals surface area contributed by atoms with Crippen LogP contribution in [0.3, 0.4) is 0 Å². The van der Waals surface area contributed by atoms with Crippen LogP contribution in [0.4, 0.5) is 4.79 Å². The summed E-state index contributed by atoms with van der Waals surface area (Å²) in [5.74, 6) is 0.0576. The van der Waals surface area contributed by atoms with Gasteiger partial charge in [0.25, 0.3) is 0 Å². The first-order valence-electron chi connectivity index (χ1n) is 15.3. The van der Waals surface area contributed by atoms with Crippen molar-refractivity contribution in [3.05, 3.63) is 56.8 Å². The zero-order chi connectivity index (χ0) is 38.4. The molecule has 280 valence electrons. The molecule has 0 unspecified atom stereocenters. The number of aliphatic hydroxyl groups excluding tert-OH is 1. The Kier molecular flexibility index (Phi) is 17.7. The summed E-state index contributed by atoms with van der Waals surface area (Å²) in [5, 5.41) is 9.54. The van der Waals surface area contributed by atoms with Crippen molar-refractivity contribution < 1.29 is 33.8 Å². The number of methoxy groups -OCH3 is 2. The molecule has 2 aliphatic carbocycles. The van der Waals surface area contributed by atoms with Crippen LogP contribution in [0.25, 0.3) is 0 Å². The first kappa shape index (κ1) is 44.1. The number of ketones is 1. The number of ether oxygens (including phenoxy) is 2. The van der Waals surface area contributed by atoms with Crippen LogP contribution in [0.15, 0.2) is 44.7 Å². The van der Waals surface area contributed by atoms with Gasteiger partial charge in [-0.05, 0) is 39.0 Å². The minimum absolute atomic E-state index is 0.0455. The van der Waals surface area contributed by atoms with E-state index in [9.17, 15) is 33.6 Å². The summed E-state index contributed by atoms with van der Waals surface area (Å²) >= 11 is 15.3. The van der Waals surface area contributed by atoms with E-state index in [0.29, 0.717) is 12.8 Å². The number of nitrogens with zero attached hydrogens (tertiary/aromatic N) is 5. The van der Waals surface area contributed by atoms with Gasteiger partial charge in [-0.25, -0.2) is 19.2 Å². The zero-order valence-electron chi connectivity index (χ0n) is 28.4. The van der Waals surface area contributed by atoms with Crippen molar-refractivity contribution in [1.82, 2.24) is 22.5 Å². The maximum absolute atomic E-state index is 11.2. The van der Waals surface area contributed by atoms with Gasteiger partial charge in [0, 0.05) is 80.3 Å². The molecule has 2 saturated carbocycles. The molecular weight excluding hydrogens is 725 g/mol. The highest BCUT2D eigenvalue weighted by atomic mass is 35.5. The molecule has 20 heteroatoms. The third kappa shape index (κ3) is 10.5. The number of Topliss-reactive ketones (excluding diaryl/α,β-unsaturated/α-hetero) is 1. The molecule has 4 atom stereocenters. The highest BCUT2D eigenvalue weighted by Gasteiger charge is 2.64. The Bertz CT molecular complexity index is 1520. The van der Waals surface area contributed by atoms with Crippen LogP contribution < -0.4 is 28.1 Å². The number of hydrogen-bond acceptors (Lipinski definition) is 12. The average molecular weight is 769 g/mol. The zero-order valence-corrected chi connectivity index (χ0v) is 30.6. The molecule has 3 fully saturated rings. The SMILES string of the molecule is C1CCC2=NCCCN2CC1.C=C[C@H]1C[C@@]1(C(N)=O)C(=O)OC.C=C[C@H]1C[C@@]1(NC(=O)OC)C(C)=O.CO.O=c1n(Cl)c(=O)n(Cl)c(=O)n1Cl. The van der Waals surface area contributed by atoms with Gasteiger partial charge in [-0.1, -0.05) is 18.6 Å². The summed E-state index contributed by atoms with van der Waals surface area (Å²) in [6.45, 7) is 12.1. The van der Waals surface area contributed by atoms with Crippen LogP contribution in [-0.2, 0) is 23.9 Å². The third-order valence-corrected chi connectivity index (χ3v) is 9.18. The molecule has 17 nitrogen and oxygen atoms in total. The van der Waals surface area contributed by atoms with Crippen molar-refractivity contribution in [2.24, 2.45) is 28.0 Å². The Balaban J connectivity index is 0.000000328. The lowest BCUT2D eigenvalue weighted by molar-refractivity contribution is -0.151. The van der Waals surface area contributed by atoms with Gasteiger partial charge >= 0.3 is 29.1 Å². The minimum Gasteiger partial charge on any atom is -0.468 e. The summed E-state index contributed by atoms with van der Waals surface area (Å²) < 4.78 is 9.17. The number of alkyl carbamates (subject to hydrolysis) is 1. The number of allylic oxidation sites excluding steroid dienone is 1. The van der Waals surface area contributed by atoms with Gasteiger partial charge in [-0.2, -0.15) is 0 Å². The van der Waals surface area contributed by atoms with Crippen molar-refractivity contribution in [2.45, 2.75) is 57.4 Å².